The van der Waals surface area contributed by atoms with Crippen molar-refractivity contribution < 1.29 is 17.9 Å². The zero-order valence-electron chi connectivity index (χ0n) is 13.1. The Kier molecular flexibility index (Phi) is 4.95. The van der Waals surface area contributed by atoms with Crippen LogP contribution in [0, 0.1) is 6.92 Å². The highest BCUT2D eigenvalue weighted by molar-refractivity contribution is 9.10. The second kappa shape index (κ2) is 6.86. The lowest BCUT2D eigenvalue weighted by Gasteiger charge is -2.15. The number of rotatable bonds is 3. The molecule has 1 heterocycles. The van der Waals surface area contributed by atoms with E-state index in [-0.39, 0.29) is 28.7 Å². The fourth-order valence-corrected chi connectivity index (χ4v) is 4.40. The fourth-order valence-electron chi connectivity index (χ4n) is 2.37. The molecule has 2 N–H and O–H groups in total. The smallest absolute Gasteiger partial charge is 0.265 e. The number of amides is 1. The van der Waals surface area contributed by atoms with E-state index >= 15 is 0 Å². The first-order chi connectivity index (χ1) is 11.8. The third kappa shape index (κ3) is 3.75. The van der Waals surface area contributed by atoms with E-state index in [1.807, 2.05) is 6.92 Å². The molecule has 0 bridgehead atoms. The van der Waals surface area contributed by atoms with Crippen molar-refractivity contribution in [3.63, 3.8) is 0 Å². The molecule has 0 saturated carbocycles. The van der Waals surface area contributed by atoms with E-state index in [0.717, 1.165) is 5.56 Å². The first kappa shape index (κ1) is 18.0. The van der Waals surface area contributed by atoms with Gasteiger partial charge in [0, 0.05) is 9.50 Å². The molecule has 1 aliphatic rings. The Bertz CT molecular complexity index is 963. The molecule has 25 heavy (non-hydrogen) atoms. The zero-order chi connectivity index (χ0) is 18.2. The van der Waals surface area contributed by atoms with Gasteiger partial charge < -0.3 is 10.1 Å². The number of fused-ring (bicyclic) bond motifs is 1. The van der Waals surface area contributed by atoms with Crippen molar-refractivity contribution in [2.24, 2.45) is 0 Å². The molecule has 132 valence electrons. The molecular formula is C16H14BrClN2O4S. The van der Waals surface area contributed by atoms with Crippen molar-refractivity contribution in [2.75, 3.05) is 17.9 Å². The summed E-state index contributed by atoms with van der Waals surface area (Å²) in [6.07, 6.45) is 0. The fraction of sp³-hybridized carbons (Fsp3) is 0.188. The van der Waals surface area contributed by atoms with Gasteiger partial charge in [0.05, 0.1) is 17.8 Å². The Morgan fingerprint density at radius 1 is 1.28 bits per heavy atom. The molecule has 0 aromatic heterocycles. The van der Waals surface area contributed by atoms with Crippen molar-refractivity contribution in [3.05, 3.63) is 51.0 Å². The summed E-state index contributed by atoms with van der Waals surface area (Å²) < 4.78 is 34.2. The molecule has 9 heteroatoms. The number of carbonyl (C=O) groups excluding carboxylic acids is 1. The quantitative estimate of drug-likeness (QED) is 0.759. The molecule has 2 aromatic carbocycles. The third-order valence-electron chi connectivity index (χ3n) is 3.61. The molecule has 0 unspecified atom stereocenters. The van der Waals surface area contributed by atoms with Crippen LogP contribution in [-0.2, 0) is 10.0 Å². The Labute approximate surface area is 158 Å². The third-order valence-corrected chi connectivity index (χ3v) is 5.86. The van der Waals surface area contributed by atoms with Gasteiger partial charge in [0.25, 0.3) is 15.9 Å². The topological polar surface area (TPSA) is 84.5 Å². The molecule has 0 saturated heterocycles. The minimum absolute atomic E-state index is 0.0314. The van der Waals surface area contributed by atoms with Gasteiger partial charge in [0.15, 0.2) is 5.75 Å². The van der Waals surface area contributed by atoms with E-state index in [1.165, 1.54) is 18.2 Å². The average molecular weight is 446 g/mol. The number of carbonyl (C=O) groups is 1. The number of hydrogen-bond acceptors (Lipinski definition) is 4. The van der Waals surface area contributed by atoms with Gasteiger partial charge >= 0.3 is 0 Å². The number of hydrogen-bond donors (Lipinski definition) is 2. The van der Waals surface area contributed by atoms with Crippen molar-refractivity contribution in [1.82, 2.24) is 5.32 Å². The SMILES string of the molecule is Cc1ccc(NS(=O)(=O)c2cc(Br)cc3c2OCCNC3=O)cc1Cl. The van der Waals surface area contributed by atoms with Gasteiger partial charge in [-0.05, 0) is 36.8 Å². The van der Waals surface area contributed by atoms with Crippen LogP contribution in [0.1, 0.15) is 15.9 Å². The monoisotopic (exact) mass is 444 g/mol. The predicted molar refractivity (Wildman–Crippen MR) is 99.0 cm³/mol. The Hall–Kier alpha value is -1.77. The number of nitrogens with one attached hydrogen (secondary N) is 2. The Morgan fingerprint density at radius 2 is 2.04 bits per heavy atom. The lowest BCUT2D eigenvalue weighted by atomic mass is 10.2. The standard InChI is InChI=1S/C16H14BrClN2O4S/c1-9-2-3-11(8-13(9)18)20-25(22,23)14-7-10(17)6-12-15(14)24-5-4-19-16(12)21/h2-3,6-8,20H,4-5H2,1H3,(H,19,21). The maximum Gasteiger partial charge on any atom is 0.265 e. The summed E-state index contributed by atoms with van der Waals surface area (Å²) in [7, 11) is -3.99. The maximum absolute atomic E-state index is 12.9. The van der Waals surface area contributed by atoms with E-state index < -0.39 is 10.0 Å². The van der Waals surface area contributed by atoms with Crippen LogP contribution in [0.15, 0.2) is 39.7 Å². The van der Waals surface area contributed by atoms with Crippen LogP contribution in [-0.4, -0.2) is 27.5 Å². The van der Waals surface area contributed by atoms with Gasteiger partial charge in [-0.3, -0.25) is 9.52 Å². The van der Waals surface area contributed by atoms with Crippen molar-refractivity contribution in [2.45, 2.75) is 11.8 Å². The van der Waals surface area contributed by atoms with E-state index in [2.05, 4.69) is 26.0 Å². The zero-order valence-corrected chi connectivity index (χ0v) is 16.3. The van der Waals surface area contributed by atoms with Crippen LogP contribution >= 0.6 is 27.5 Å². The number of sulfonamides is 1. The van der Waals surface area contributed by atoms with Gasteiger partial charge in [0.1, 0.15) is 11.5 Å². The van der Waals surface area contributed by atoms with Crippen molar-refractivity contribution >= 4 is 49.1 Å². The normalized spacial score (nSPS) is 14.1. The minimum atomic E-state index is -3.99. The number of halogens is 2. The molecule has 0 atom stereocenters. The van der Waals surface area contributed by atoms with Gasteiger partial charge in [-0.1, -0.05) is 33.6 Å². The number of aryl methyl sites for hydroxylation is 1. The van der Waals surface area contributed by atoms with E-state index in [4.69, 9.17) is 16.3 Å². The maximum atomic E-state index is 12.9. The first-order valence-electron chi connectivity index (χ1n) is 7.31. The lowest BCUT2D eigenvalue weighted by Crippen LogP contribution is -2.24. The lowest BCUT2D eigenvalue weighted by molar-refractivity contribution is 0.0957. The predicted octanol–water partition coefficient (Wildman–Crippen LogP) is 3.33. The average Bonchev–Trinajstić information content (AvgIpc) is 2.72. The highest BCUT2D eigenvalue weighted by Crippen LogP contribution is 2.34. The van der Waals surface area contributed by atoms with Gasteiger partial charge in [-0.25, -0.2) is 8.42 Å². The highest BCUT2D eigenvalue weighted by atomic mass is 79.9. The molecule has 2 aromatic rings. The van der Waals surface area contributed by atoms with Gasteiger partial charge in [-0.2, -0.15) is 0 Å². The summed E-state index contributed by atoms with van der Waals surface area (Å²) in [4.78, 5) is 12.0. The summed E-state index contributed by atoms with van der Waals surface area (Å²) in [5.74, 6) is -0.354. The van der Waals surface area contributed by atoms with Crippen molar-refractivity contribution in [3.8, 4) is 5.75 Å². The second-order valence-electron chi connectivity index (χ2n) is 5.45. The van der Waals surface area contributed by atoms with Gasteiger partial charge in [0.2, 0.25) is 0 Å². The Morgan fingerprint density at radius 3 is 2.76 bits per heavy atom. The van der Waals surface area contributed by atoms with E-state index in [1.54, 1.807) is 12.1 Å². The van der Waals surface area contributed by atoms with Crippen LogP contribution < -0.4 is 14.8 Å². The van der Waals surface area contributed by atoms with Crippen molar-refractivity contribution in [1.29, 1.82) is 0 Å². The summed E-state index contributed by atoms with van der Waals surface area (Å²) in [6.45, 7) is 2.30. The number of ether oxygens (including phenoxy) is 1. The Balaban J connectivity index is 2.08. The molecule has 1 aliphatic heterocycles. The highest BCUT2D eigenvalue weighted by Gasteiger charge is 2.28. The second-order valence-corrected chi connectivity index (χ2v) is 8.43. The van der Waals surface area contributed by atoms with E-state index in [9.17, 15) is 13.2 Å². The summed E-state index contributed by atoms with van der Waals surface area (Å²) >= 11 is 9.29. The summed E-state index contributed by atoms with van der Waals surface area (Å²) in [6, 6.07) is 7.78. The van der Waals surface area contributed by atoms with Crippen LogP contribution in [0.25, 0.3) is 0 Å². The summed E-state index contributed by atoms with van der Waals surface area (Å²) in [5.41, 5.74) is 1.32. The summed E-state index contributed by atoms with van der Waals surface area (Å²) in [5, 5.41) is 3.10. The number of benzene rings is 2. The van der Waals surface area contributed by atoms with Crippen LogP contribution in [0.3, 0.4) is 0 Å². The minimum Gasteiger partial charge on any atom is -0.489 e. The molecule has 0 fully saturated rings. The first-order valence-corrected chi connectivity index (χ1v) is 9.97. The molecule has 6 nitrogen and oxygen atoms in total. The van der Waals surface area contributed by atoms with E-state index in [0.29, 0.717) is 21.7 Å². The molecule has 3 rings (SSSR count). The van der Waals surface area contributed by atoms with Gasteiger partial charge in [-0.15, -0.1) is 0 Å². The molecule has 0 aliphatic carbocycles. The molecule has 0 radical (unpaired) electrons. The largest absolute Gasteiger partial charge is 0.489 e. The number of anilines is 1. The van der Waals surface area contributed by atoms with Crippen LogP contribution in [0.2, 0.25) is 5.02 Å². The molecule has 0 spiro atoms. The molecule has 1 amide bonds. The van der Waals surface area contributed by atoms with Crippen LogP contribution in [0.5, 0.6) is 5.75 Å². The van der Waals surface area contributed by atoms with Crippen LogP contribution in [0.4, 0.5) is 5.69 Å². The molecular weight excluding hydrogens is 432 g/mol.